The van der Waals surface area contributed by atoms with Crippen LogP contribution < -0.4 is 0 Å². The zero-order valence-corrected chi connectivity index (χ0v) is 7.58. The van der Waals surface area contributed by atoms with E-state index < -0.39 is 12.1 Å². The molecule has 0 fully saturated rings. The third-order valence-electron chi connectivity index (χ3n) is 1.85. The van der Waals surface area contributed by atoms with Gasteiger partial charge in [-0.1, -0.05) is 56.1 Å². The average Bonchev–Trinajstić information content (AvgIpc) is 2.37. The Balaban J connectivity index is 3.17. The number of rotatable bonds is 1. The number of benzene rings is 2. The van der Waals surface area contributed by atoms with Gasteiger partial charge in [0.25, 0.3) is 0 Å². The van der Waals surface area contributed by atoms with E-state index in [2.05, 4.69) is 0 Å². The second-order valence-electron chi connectivity index (χ2n) is 3.19. The SMILES string of the molecule is [2H]c1c([2H])c([2H])c2c([2H])c(C(C)C)c([2H])c([2H])c2c1[2H]. The Hall–Kier alpha value is -1.30. The smallest absolute Gasteiger partial charge is 0.0616 e. The average molecular weight is 177 g/mol. The summed E-state index contributed by atoms with van der Waals surface area (Å²) >= 11 is 0. The summed E-state index contributed by atoms with van der Waals surface area (Å²) in [6.45, 7) is 3.59. The highest BCUT2D eigenvalue weighted by Gasteiger charge is 1.99. The number of hydrogen-bond acceptors (Lipinski definition) is 0. The normalized spacial score (nSPS) is 18.5. The van der Waals surface area contributed by atoms with E-state index in [0.717, 1.165) is 0 Å². The van der Waals surface area contributed by atoms with Gasteiger partial charge < -0.3 is 0 Å². The fourth-order valence-corrected chi connectivity index (χ4v) is 1.08. The van der Waals surface area contributed by atoms with Gasteiger partial charge in [0, 0.05) is 0 Å². The molecule has 0 saturated carbocycles. The Labute approximate surface area is 89.0 Å². The van der Waals surface area contributed by atoms with Gasteiger partial charge in [0.2, 0.25) is 0 Å². The molecule has 0 aliphatic carbocycles. The van der Waals surface area contributed by atoms with E-state index >= 15 is 0 Å². The quantitative estimate of drug-likeness (QED) is 0.618. The van der Waals surface area contributed by atoms with Gasteiger partial charge in [0.1, 0.15) is 0 Å². The van der Waals surface area contributed by atoms with E-state index in [1.54, 1.807) is 13.8 Å². The van der Waals surface area contributed by atoms with Crippen molar-refractivity contribution >= 4 is 10.8 Å². The molecule has 0 radical (unpaired) electrons. The molecule has 0 bridgehead atoms. The van der Waals surface area contributed by atoms with Crippen LogP contribution >= 0.6 is 0 Å². The van der Waals surface area contributed by atoms with Crippen molar-refractivity contribution in [1.29, 1.82) is 0 Å². The molecule has 0 amide bonds. The molecule has 0 heteroatoms. The molecule has 13 heavy (non-hydrogen) atoms. The summed E-state index contributed by atoms with van der Waals surface area (Å²) in [7, 11) is 0. The van der Waals surface area contributed by atoms with Crippen molar-refractivity contribution in [1.82, 2.24) is 0 Å². The molecule has 2 aromatic carbocycles. The zero-order chi connectivity index (χ0) is 15.4. The van der Waals surface area contributed by atoms with Gasteiger partial charge in [0.05, 0.1) is 9.60 Å². The van der Waals surface area contributed by atoms with Gasteiger partial charge in [-0.05, 0) is 22.3 Å². The first-order valence-corrected chi connectivity index (χ1v) is 4.19. The highest BCUT2D eigenvalue weighted by molar-refractivity contribution is 5.83. The van der Waals surface area contributed by atoms with Crippen molar-refractivity contribution < 1.29 is 9.60 Å². The minimum atomic E-state index is -0.438. The monoisotopic (exact) mass is 177 g/mol. The Morgan fingerprint density at radius 2 is 1.69 bits per heavy atom. The van der Waals surface area contributed by atoms with Crippen LogP contribution in [0.4, 0.5) is 0 Å². The van der Waals surface area contributed by atoms with Gasteiger partial charge in [-0.3, -0.25) is 0 Å². The van der Waals surface area contributed by atoms with Gasteiger partial charge >= 0.3 is 0 Å². The van der Waals surface area contributed by atoms with Crippen molar-refractivity contribution in [3.05, 3.63) is 47.9 Å². The lowest BCUT2D eigenvalue weighted by atomic mass is 9.99. The van der Waals surface area contributed by atoms with Crippen molar-refractivity contribution in [2.24, 2.45) is 0 Å². The van der Waals surface area contributed by atoms with Crippen LogP contribution in [-0.4, -0.2) is 0 Å². The lowest BCUT2D eigenvalue weighted by Gasteiger charge is -2.06. The van der Waals surface area contributed by atoms with Crippen LogP contribution in [0, 0.1) is 0 Å². The van der Waals surface area contributed by atoms with Crippen LogP contribution in [0.2, 0.25) is 0 Å². The molecule has 0 N–H and O–H groups in total. The van der Waals surface area contributed by atoms with Crippen LogP contribution in [0.1, 0.15) is 34.9 Å². The summed E-state index contributed by atoms with van der Waals surface area (Å²) in [6.07, 6.45) is 0. The summed E-state index contributed by atoms with van der Waals surface area (Å²) in [5.74, 6) is -0.165. The van der Waals surface area contributed by atoms with Gasteiger partial charge in [0.15, 0.2) is 0 Å². The lowest BCUT2D eigenvalue weighted by molar-refractivity contribution is 0.869. The molecule has 2 rings (SSSR count). The van der Waals surface area contributed by atoms with Gasteiger partial charge in [-0.2, -0.15) is 0 Å². The summed E-state index contributed by atoms with van der Waals surface area (Å²) in [4.78, 5) is 0. The van der Waals surface area contributed by atoms with Crippen molar-refractivity contribution in [3.63, 3.8) is 0 Å². The standard InChI is InChI=1S/C13H14/c1-10(2)12-8-7-11-5-3-4-6-13(11)9-12/h3-10H,1-2H3/i3D,4D,5D,6D,7D,8D,9D. The van der Waals surface area contributed by atoms with Crippen molar-refractivity contribution in [3.8, 4) is 0 Å². The van der Waals surface area contributed by atoms with Gasteiger partial charge in [-0.25, -0.2) is 0 Å². The van der Waals surface area contributed by atoms with E-state index in [9.17, 15) is 0 Å². The first-order chi connectivity index (χ1) is 9.20. The Bertz CT molecular complexity index is 719. The van der Waals surface area contributed by atoms with Crippen LogP contribution in [0.3, 0.4) is 0 Å². The first-order valence-electron chi connectivity index (χ1n) is 7.69. The highest BCUT2D eigenvalue weighted by Crippen LogP contribution is 2.20. The van der Waals surface area contributed by atoms with Crippen LogP contribution in [0.15, 0.2) is 42.3 Å². The number of hydrogen-bond donors (Lipinski definition) is 0. The predicted octanol–water partition coefficient (Wildman–Crippen LogP) is 3.96. The van der Waals surface area contributed by atoms with Crippen molar-refractivity contribution in [2.75, 3.05) is 0 Å². The summed E-state index contributed by atoms with van der Waals surface area (Å²) in [5, 5.41) is -0.0175. The predicted molar refractivity (Wildman–Crippen MR) is 58.0 cm³/mol. The molecular weight excluding hydrogens is 156 g/mol. The molecule has 0 heterocycles. The molecule has 0 saturated heterocycles. The number of fused-ring (bicyclic) bond motifs is 1. The minimum absolute atomic E-state index is 0.0284. The summed E-state index contributed by atoms with van der Waals surface area (Å²) < 4.78 is 55.2. The third-order valence-corrected chi connectivity index (χ3v) is 1.85. The fraction of sp³-hybridized carbons (Fsp3) is 0.231. The topological polar surface area (TPSA) is 0 Å². The van der Waals surface area contributed by atoms with E-state index in [4.69, 9.17) is 9.60 Å². The molecule has 0 aromatic heterocycles. The van der Waals surface area contributed by atoms with E-state index in [0.29, 0.717) is 5.56 Å². The Morgan fingerprint density at radius 3 is 2.38 bits per heavy atom. The van der Waals surface area contributed by atoms with Crippen LogP contribution in [-0.2, 0) is 0 Å². The Kier molecular flexibility index (Phi) is 0.853. The molecule has 2 aromatic rings. The largest absolute Gasteiger partial charge is 0.0632 e. The molecule has 0 aliphatic rings. The maximum atomic E-state index is 8.16. The first kappa shape index (κ1) is 3.45. The maximum absolute atomic E-state index is 8.16. The Morgan fingerprint density at radius 1 is 1.00 bits per heavy atom. The summed E-state index contributed by atoms with van der Waals surface area (Å²) in [5.41, 5.74) is 0.340. The maximum Gasteiger partial charge on any atom is 0.0632 e. The van der Waals surface area contributed by atoms with Crippen LogP contribution in [0.5, 0.6) is 0 Å². The van der Waals surface area contributed by atoms with Crippen molar-refractivity contribution in [2.45, 2.75) is 19.8 Å². The fourth-order valence-electron chi connectivity index (χ4n) is 1.08. The zero-order valence-electron chi connectivity index (χ0n) is 14.6. The minimum Gasteiger partial charge on any atom is -0.0616 e. The second kappa shape index (κ2) is 3.21. The van der Waals surface area contributed by atoms with Gasteiger partial charge in [-0.15, -0.1) is 0 Å². The molecule has 0 nitrogen and oxygen atoms in total. The molecule has 66 valence electrons. The van der Waals surface area contributed by atoms with E-state index in [-0.39, 0.29) is 46.9 Å². The van der Waals surface area contributed by atoms with Crippen LogP contribution in [0.25, 0.3) is 10.8 Å². The summed E-state index contributed by atoms with van der Waals surface area (Å²) in [6, 6.07) is -1.99. The molecule has 0 unspecified atom stereocenters. The second-order valence-corrected chi connectivity index (χ2v) is 3.19. The molecule has 0 spiro atoms. The highest BCUT2D eigenvalue weighted by atomic mass is 14.0. The van der Waals surface area contributed by atoms with E-state index in [1.807, 2.05) is 0 Å². The molecular formula is C13H14. The third kappa shape index (κ3) is 1.57. The molecule has 0 aliphatic heterocycles. The van der Waals surface area contributed by atoms with E-state index in [1.165, 1.54) is 0 Å². The lowest BCUT2D eigenvalue weighted by Crippen LogP contribution is -1.85. The molecule has 0 atom stereocenters.